The molecule has 0 radical (unpaired) electrons. The van der Waals surface area contributed by atoms with Crippen LogP contribution in [0.3, 0.4) is 0 Å². The van der Waals surface area contributed by atoms with Gasteiger partial charge in [0, 0.05) is 18.7 Å². The van der Waals surface area contributed by atoms with Crippen molar-refractivity contribution < 1.29 is 22.4 Å². The van der Waals surface area contributed by atoms with Crippen LogP contribution in [0, 0.1) is 12.7 Å². The second kappa shape index (κ2) is 10.5. The van der Waals surface area contributed by atoms with E-state index in [1.54, 1.807) is 6.07 Å². The van der Waals surface area contributed by atoms with Crippen molar-refractivity contribution in [3.63, 3.8) is 0 Å². The molecule has 36 heavy (non-hydrogen) atoms. The summed E-state index contributed by atoms with van der Waals surface area (Å²) < 4.78 is 55.8. The molecule has 1 atom stereocenters. The minimum absolute atomic E-state index is 0.0349. The first kappa shape index (κ1) is 25.9. The third-order valence-corrected chi connectivity index (χ3v) is 6.84. The number of halogens is 5. The van der Waals surface area contributed by atoms with Gasteiger partial charge in [-0.25, -0.2) is 9.18 Å². The first-order valence-corrected chi connectivity index (χ1v) is 12.1. The van der Waals surface area contributed by atoms with Crippen molar-refractivity contribution in [2.75, 3.05) is 0 Å². The monoisotopic (exact) mass is 519 g/mol. The molecule has 190 valence electrons. The van der Waals surface area contributed by atoms with E-state index in [1.807, 2.05) is 25.1 Å². The number of hydrogen-bond acceptors (Lipinski definition) is 2. The quantitative estimate of drug-likeness (QED) is 0.347. The molecule has 2 amide bonds. The van der Waals surface area contributed by atoms with E-state index in [9.17, 15) is 22.4 Å². The highest BCUT2D eigenvalue weighted by Gasteiger charge is 2.41. The van der Waals surface area contributed by atoms with Crippen LogP contribution in [0.25, 0.3) is 0 Å². The zero-order valence-electron chi connectivity index (χ0n) is 19.6. The normalized spacial score (nSPS) is 15.9. The molecule has 3 aromatic rings. The van der Waals surface area contributed by atoms with E-state index in [-0.39, 0.29) is 23.7 Å². The maximum atomic E-state index is 14.7. The summed E-state index contributed by atoms with van der Waals surface area (Å²) in [7, 11) is 0. The number of urea groups is 1. The minimum Gasteiger partial charge on any atom is -0.335 e. The first-order valence-electron chi connectivity index (χ1n) is 11.7. The number of aryl methyl sites for hydroxylation is 1. The number of pyridine rings is 1. The molecule has 1 heterocycles. The van der Waals surface area contributed by atoms with Crippen molar-refractivity contribution in [2.24, 2.45) is 0 Å². The topological polar surface area (TPSA) is 54.0 Å². The van der Waals surface area contributed by atoms with Crippen molar-refractivity contribution in [3.8, 4) is 0 Å². The Balaban J connectivity index is 1.91. The molecule has 4 rings (SSSR count). The summed E-state index contributed by atoms with van der Waals surface area (Å²) in [6.07, 6.45) is 0.195. The van der Waals surface area contributed by atoms with Gasteiger partial charge in [-0.15, -0.1) is 0 Å². The van der Waals surface area contributed by atoms with Crippen LogP contribution in [0.15, 0.2) is 60.8 Å². The maximum Gasteiger partial charge on any atom is 0.416 e. The number of carbonyl (C=O) groups is 1. The first-order chi connectivity index (χ1) is 17.1. The highest BCUT2D eigenvalue weighted by molar-refractivity contribution is 6.30. The Hall–Kier alpha value is -3.13. The van der Waals surface area contributed by atoms with E-state index in [0.29, 0.717) is 11.1 Å². The summed E-state index contributed by atoms with van der Waals surface area (Å²) in [5.74, 6) is -1.07. The van der Waals surface area contributed by atoms with Crippen LogP contribution in [-0.2, 0) is 18.1 Å². The van der Waals surface area contributed by atoms with Gasteiger partial charge in [0.05, 0.1) is 16.3 Å². The molecule has 0 saturated heterocycles. The Kier molecular flexibility index (Phi) is 7.54. The maximum absolute atomic E-state index is 14.7. The third kappa shape index (κ3) is 5.81. The fourth-order valence-electron chi connectivity index (χ4n) is 4.73. The summed E-state index contributed by atoms with van der Waals surface area (Å²) in [5, 5.41) is 6.14. The number of nitrogens with zero attached hydrogens (tertiary/aromatic N) is 1. The molecule has 1 saturated carbocycles. The number of nitrogens with one attached hydrogen (secondary N) is 2. The second-order valence-corrected chi connectivity index (χ2v) is 9.61. The van der Waals surface area contributed by atoms with Gasteiger partial charge in [-0.3, -0.25) is 4.98 Å². The van der Waals surface area contributed by atoms with Crippen molar-refractivity contribution >= 4 is 17.6 Å². The average molecular weight is 520 g/mol. The number of aromatic nitrogens is 1. The van der Waals surface area contributed by atoms with Crippen molar-refractivity contribution in [1.82, 2.24) is 15.6 Å². The summed E-state index contributed by atoms with van der Waals surface area (Å²) in [4.78, 5) is 17.7. The number of hydrogen-bond donors (Lipinski definition) is 2. The van der Waals surface area contributed by atoms with Crippen LogP contribution in [0.5, 0.6) is 0 Å². The van der Waals surface area contributed by atoms with Crippen molar-refractivity contribution in [2.45, 2.75) is 56.8 Å². The van der Waals surface area contributed by atoms with E-state index >= 15 is 0 Å². The summed E-state index contributed by atoms with van der Waals surface area (Å²) >= 11 is 6.05. The lowest BCUT2D eigenvalue weighted by molar-refractivity contribution is -0.137. The van der Waals surface area contributed by atoms with Crippen molar-refractivity contribution in [1.29, 1.82) is 0 Å². The fraction of sp³-hybridized carbons (Fsp3) is 0.333. The molecule has 2 N–H and O–H groups in total. The smallest absolute Gasteiger partial charge is 0.335 e. The lowest BCUT2D eigenvalue weighted by Crippen LogP contribution is -2.54. The molecule has 1 aliphatic carbocycles. The number of amides is 2. The van der Waals surface area contributed by atoms with Gasteiger partial charge >= 0.3 is 12.2 Å². The van der Waals surface area contributed by atoms with E-state index in [1.165, 1.54) is 18.3 Å². The Morgan fingerprint density at radius 1 is 1.06 bits per heavy atom. The molecule has 0 bridgehead atoms. The van der Waals surface area contributed by atoms with Gasteiger partial charge in [-0.05, 0) is 66.8 Å². The number of benzene rings is 2. The molecule has 0 spiro atoms. The third-order valence-electron chi connectivity index (χ3n) is 6.62. The average Bonchev–Trinajstić information content (AvgIpc) is 3.32. The predicted octanol–water partition coefficient (Wildman–Crippen LogP) is 6.93. The molecule has 1 aliphatic rings. The Morgan fingerprint density at radius 3 is 2.39 bits per heavy atom. The lowest BCUT2D eigenvalue weighted by Gasteiger charge is -2.36. The van der Waals surface area contributed by atoms with Gasteiger partial charge in [-0.1, -0.05) is 48.7 Å². The molecule has 1 aromatic heterocycles. The largest absolute Gasteiger partial charge is 0.416 e. The Morgan fingerprint density at radius 2 is 1.75 bits per heavy atom. The zero-order valence-corrected chi connectivity index (χ0v) is 20.4. The van der Waals surface area contributed by atoms with Crippen LogP contribution in [0.4, 0.5) is 22.4 Å². The Bertz CT molecular complexity index is 1230. The van der Waals surface area contributed by atoms with Gasteiger partial charge in [0.25, 0.3) is 0 Å². The van der Waals surface area contributed by atoms with Crippen LogP contribution in [-0.4, -0.2) is 17.1 Å². The molecule has 2 aromatic carbocycles. The summed E-state index contributed by atoms with van der Waals surface area (Å²) in [5.41, 5.74) is -1.00. The van der Waals surface area contributed by atoms with E-state index in [2.05, 4.69) is 15.6 Å². The second-order valence-electron chi connectivity index (χ2n) is 9.18. The minimum atomic E-state index is -4.79. The van der Waals surface area contributed by atoms with Crippen LogP contribution < -0.4 is 10.6 Å². The SMILES string of the molecule is Cc1ccccc1C[C@@](NC(=O)NC1CCCC1)(c1cc(F)cc(C(F)(F)F)c1)c1ccc(Cl)cn1. The van der Waals surface area contributed by atoms with Gasteiger partial charge in [0.15, 0.2) is 0 Å². The molecule has 0 unspecified atom stereocenters. The highest BCUT2D eigenvalue weighted by Crippen LogP contribution is 2.38. The molecule has 4 nitrogen and oxygen atoms in total. The summed E-state index contributed by atoms with van der Waals surface area (Å²) in [6, 6.07) is 12.1. The molecular weight excluding hydrogens is 494 g/mol. The number of alkyl halides is 3. The summed E-state index contributed by atoms with van der Waals surface area (Å²) in [6.45, 7) is 1.86. The fourth-order valence-corrected chi connectivity index (χ4v) is 4.84. The van der Waals surface area contributed by atoms with Crippen LogP contribution >= 0.6 is 11.6 Å². The van der Waals surface area contributed by atoms with Gasteiger partial charge in [-0.2, -0.15) is 13.2 Å². The van der Waals surface area contributed by atoms with Crippen LogP contribution in [0.1, 0.15) is 53.6 Å². The number of carbonyl (C=O) groups excluding carboxylic acids is 1. The standard InChI is InChI=1S/C27H26ClF4N3O/c1-17-6-2-3-7-18(17)15-26(24-11-10-21(28)16-33-24,35-25(36)34-23-8-4-5-9-23)19-12-20(27(30,31)32)14-22(29)13-19/h2-3,6-7,10-14,16,23H,4-5,8-9,15H2,1H3,(H2,34,35,36)/t26-/m1/s1. The van der Waals surface area contributed by atoms with Gasteiger partial charge in [0.1, 0.15) is 11.4 Å². The van der Waals surface area contributed by atoms with E-state index < -0.39 is 29.1 Å². The molecular formula is C27H26ClF4N3O. The van der Waals surface area contributed by atoms with E-state index in [4.69, 9.17) is 11.6 Å². The molecule has 1 fully saturated rings. The number of rotatable bonds is 6. The molecule has 9 heteroatoms. The molecule has 0 aliphatic heterocycles. The highest BCUT2D eigenvalue weighted by atomic mass is 35.5. The lowest BCUT2D eigenvalue weighted by atomic mass is 9.79. The van der Waals surface area contributed by atoms with E-state index in [0.717, 1.165) is 48.9 Å². The van der Waals surface area contributed by atoms with Gasteiger partial charge in [0.2, 0.25) is 0 Å². The van der Waals surface area contributed by atoms with Crippen molar-refractivity contribution in [3.05, 3.63) is 99.6 Å². The Labute approximate surface area is 212 Å². The van der Waals surface area contributed by atoms with Crippen LogP contribution in [0.2, 0.25) is 5.02 Å². The van der Waals surface area contributed by atoms with Gasteiger partial charge < -0.3 is 10.6 Å². The predicted molar refractivity (Wildman–Crippen MR) is 130 cm³/mol. The zero-order chi connectivity index (χ0) is 25.9.